The summed E-state index contributed by atoms with van der Waals surface area (Å²) in [7, 11) is 0. The van der Waals surface area contributed by atoms with Gasteiger partial charge < -0.3 is 9.64 Å². The van der Waals surface area contributed by atoms with E-state index < -0.39 is 0 Å². The van der Waals surface area contributed by atoms with Crippen LogP contribution in [0.25, 0.3) is 0 Å². The molecule has 1 aromatic carbocycles. The zero-order valence-electron chi connectivity index (χ0n) is 12.7. The number of carbonyl (C=O) groups is 2. The highest BCUT2D eigenvalue weighted by Gasteiger charge is 2.29. The minimum Gasteiger partial charge on any atom is -0.455 e. The van der Waals surface area contributed by atoms with Crippen LogP contribution in [0.15, 0.2) is 30.3 Å². The summed E-state index contributed by atoms with van der Waals surface area (Å²) in [6, 6.07) is 9.87. The van der Waals surface area contributed by atoms with Crippen molar-refractivity contribution in [2.24, 2.45) is 0 Å². The lowest BCUT2D eigenvalue weighted by Gasteiger charge is -2.38. The van der Waals surface area contributed by atoms with Gasteiger partial charge in [-0.1, -0.05) is 30.3 Å². The van der Waals surface area contributed by atoms with Gasteiger partial charge in [0.1, 0.15) is 0 Å². The van der Waals surface area contributed by atoms with Crippen LogP contribution >= 0.6 is 0 Å². The molecule has 4 heteroatoms. The molecule has 0 spiro atoms. The molecule has 1 aliphatic heterocycles. The lowest BCUT2D eigenvalue weighted by Crippen LogP contribution is -2.49. The molecule has 2 atom stereocenters. The van der Waals surface area contributed by atoms with Gasteiger partial charge in [-0.15, -0.1) is 0 Å². The van der Waals surface area contributed by atoms with Crippen LogP contribution in [0, 0.1) is 0 Å². The average molecular weight is 289 g/mol. The highest BCUT2D eigenvalue weighted by molar-refractivity contribution is 5.81. The molecule has 1 saturated heterocycles. The normalized spacial score (nSPS) is 21.9. The van der Waals surface area contributed by atoms with E-state index in [2.05, 4.69) is 13.8 Å². The maximum atomic E-state index is 12.2. The Bertz CT molecular complexity index is 476. The summed E-state index contributed by atoms with van der Waals surface area (Å²) in [6.45, 7) is 3.96. The van der Waals surface area contributed by atoms with Gasteiger partial charge in [0.05, 0.1) is 6.42 Å². The molecule has 1 fully saturated rings. The van der Waals surface area contributed by atoms with Crippen molar-refractivity contribution in [1.82, 2.24) is 4.90 Å². The summed E-state index contributed by atoms with van der Waals surface area (Å²) in [5.41, 5.74) is 0.898. The van der Waals surface area contributed by atoms with Crippen LogP contribution in [-0.4, -0.2) is 35.5 Å². The minimum atomic E-state index is -0.355. The van der Waals surface area contributed by atoms with E-state index in [1.54, 1.807) is 0 Å². The molecule has 2 unspecified atom stereocenters. The molecule has 0 bridgehead atoms. The topological polar surface area (TPSA) is 46.6 Å². The first-order valence-corrected chi connectivity index (χ1v) is 7.58. The second-order valence-corrected chi connectivity index (χ2v) is 5.75. The summed E-state index contributed by atoms with van der Waals surface area (Å²) < 4.78 is 5.13. The molecule has 0 aromatic heterocycles. The fraction of sp³-hybridized carbons (Fsp3) is 0.529. The first kappa shape index (κ1) is 15.5. The van der Waals surface area contributed by atoms with Gasteiger partial charge in [-0.25, -0.2) is 0 Å². The van der Waals surface area contributed by atoms with Crippen molar-refractivity contribution in [2.75, 3.05) is 6.61 Å². The van der Waals surface area contributed by atoms with Gasteiger partial charge in [0.25, 0.3) is 5.91 Å². The maximum Gasteiger partial charge on any atom is 0.310 e. The van der Waals surface area contributed by atoms with Crippen molar-refractivity contribution in [3.63, 3.8) is 0 Å². The third kappa shape index (κ3) is 4.31. The molecule has 0 radical (unpaired) electrons. The molecule has 114 valence electrons. The van der Waals surface area contributed by atoms with E-state index in [-0.39, 0.29) is 37.0 Å². The summed E-state index contributed by atoms with van der Waals surface area (Å²) in [5.74, 6) is -0.442. The van der Waals surface area contributed by atoms with E-state index in [0.29, 0.717) is 0 Å². The molecule has 0 N–H and O–H groups in total. The Balaban J connectivity index is 1.82. The zero-order chi connectivity index (χ0) is 15.2. The standard InChI is InChI=1S/C17H23NO3/c1-13-7-6-8-14(2)18(13)16(19)12-21-17(20)11-15-9-4-3-5-10-15/h3-5,9-10,13-14H,6-8,11-12H2,1-2H3. The molecule has 4 nitrogen and oxygen atoms in total. The number of nitrogens with zero attached hydrogens (tertiary/aromatic N) is 1. The van der Waals surface area contributed by atoms with E-state index in [4.69, 9.17) is 4.74 Å². The molecule has 1 aromatic rings. The Morgan fingerprint density at radius 1 is 1.14 bits per heavy atom. The highest BCUT2D eigenvalue weighted by atomic mass is 16.5. The summed E-state index contributed by atoms with van der Waals surface area (Å²) >= 11 is 0. The van der Waals surface area contributed by atoms with Crippen LogP contribution in [0.2, 0.25) is 0 Å². The number of ether oxygens (including phenoxy) is 1. The number of esters is 1. The van der Waals surface area contributed by atoms with Crippen molar-refractivity contribution in [2.45, 2.75) is 51.6 Å². The fourth-order valence-corrected chi connectivity index (χ4v) is 2.94. The van der Waals surface area contributed by atoms with Gasteiger partial charge >= 0.3 is 5.97 Å². The Hall–Kier alpha value is -1.84. The molecule has 0 aliphatic carbocycles. The van der Waals surface area contributed by atoms with E-state index in [0.717, 1.165) is 24.8 Å². The van der Waals surface area contributed by atoms with Crippen LogP contribution < -0.4 is 0 Å². The average Bonchev–Trinajstić information content (AvgIpc) is 2.46. The van der Waals surface area contributed by atoms with Gasteiger partial charge in [-0.3, -0.25) is 9.59 Å². The second kappa shape index (κ2) is 7.25. The van der Waals surface area contributed by atoms with Crippen LogP contribution in [-0.2, 0) is 20.7 Å². The van der Waals surface area contributed by atoms with Crippen molar-refractivity contribution in [3.8, 4) is 0 Å². The molecule has 1 aliphatic rings. The van der Waals surface area contributed by atoms with Gasteiger partial charge in [0.15, 0.2) is 6.61 Å². The predicted octanol–water partition coefficient (Wildman–Crippen LogP) is 2.56. The number of carbonyl (C=O) groups excluding carboxylic acids is 2. The smallest absolute Gasteiger partial charge is 0.310 e. The summed E-state index contributed by atoms with van der Waals surface area (Å²) in [6.07, 6.45) is 3.40. The lowest BCUT2D eigenvalue weighted by molar-refractivity contribution is -0.154. The molecule has 0 saturated carbocycles. The number of hydrogen-bond donors (Lipinski definition) is 0. The zero-order valence-corrected chi connectivity index (χ0v) is 12.7. The molecule has 1 heterocycles. The van der Waals surface area contributed by atoms with E-state index >= 15 is 0 Å². The van der Waals surface area contributed by atoms with Crippen molar-refractivity contribution < 1.29 is 14.3 Å². The van der Waals surface area contributed by atoms with Gasteiger partial charge in [-0.05, 0) is 38.7 Å². The van der Waals surface area contributed by atoms with Crippen LogP contribution in [0.1, 0.15) is 38.7 Å². The quantitative estimate of drug-likeness (QED) is 0.800. The molecular weight excluding hydrogens is 266 g/mol. The summed E-state index contributed by atoms with van der Waals surface area (Å²) in [5, 5.41) is 0. The Morgan fingerprint density at radius 2 is 1.76 bits per heavy atom. The third-order valence-electron chi connectivity index (χ3n) is 4.03. The second-order valence-electron chi connectivity index (χ2n) is 5.75. The SMILES string of the molecule is CC1CCCC(C)N1C(=O)COC(=O)Cc1ccccc1. The Labute approximate surface area is 126 Å². The van der Waals surface area contributed by atoms with E-state index in [1.165, 1.54) is 0 Å². The van der Waals surface area contributed by atoms with Crippen molar-refractivity contribution >= 4 is 11.9 Å². The number of piperidine rings is 1. The van der Waals surface area contributed by atoms with Crippen LogP contribution in [0.4, 0.5) is 0 Å². The lowest BCUT2D eigenvalue weighted by atomic mass is 9.97. The highest BCUT2D eigenvalue weighted by Crippen LogP contribution is 2.22. The maximum absolute atomic E-state index is 12.2. The van der Waals surface area contributed by atoms with Gasteiger partial charge in [0.2, 0.25) is 0 Å². The number of likely N-dealkylation sites (tertiary alicyclic amines) is 1. The Morgan fingerprint density at radius 3 is 2.38 bits per heavy atom. The number of hydrogen-bond acceptors (Lipinski definition) is 3. The fourth-order valence-electron chi connectivity index (χ4n) is 2.94. The first-order chi connectivity index (χ1) is 10.1. The predicted molar refractivity (Wildman–Crippen MR) is 80.7 cm³/mol. The van der Waals surface area contributed by atoms with E-state index in [1.807, 2.05) is 35.2 Å². The van der Waals surface area contributed by atoms with Gasteiger partial charge in [0, 0.05) is 12.1 Å². The molecule has 1 amide bonds. The van der Waals surface area contributed by atoms with E-state index in [9.17, 15) is 9.59 Å². The monoisotopic (exact) mass is 289 g/mol. The van der Waals surface area contributed by atoms with Crippen molar-refractivity contribution in [1.29, 1.82) is 0 Å². The first-order valence-electron chi connectivity index (χ1n) is 7.58. The number of amides is 1. The third-order valence-corrected chi connectivity index (χ3v) is 4.03. The van der Waals surface area contributed by atoms with Gasteiger partial charge in [-0.2, -0.15) is 0 Å². The minimum absolute atomic E-state index is 0.0869. The Kier molecular flexibility index (Phi) is 5.37. The largest absolute Gasteiger partial charge is 0.455 e. The van der Waals surface area contributed by atoms with Crippen LogP contribution in [0.5, 0.6) is 0 Å². The molecule has 21 heavy (non-hydrogen) atoms. The summed E-state index contributed by atoms with van der Waals surface area (Å²) in [4.78, 5) is 25.9. The number of rotatable bonds is 4. The molecule has 2 rings (SSSR count). The van der Waals surface area contributed by atoms with Crippen LogP contribution in [0.3, 0.4) is 0 Å². The van der Waals surface area contributed by atoms with Crippen molar-refractivity contribution in [3.05, 3.63) is 35.9 Å². The number of benzene rings is 1. The molecular formula is C17H23NO3.